The number of nitrogens with one attached hydrogen (secondary N) is 1. The van der Waals surface area contributed by atoms with Crippen molar-refractivity contribution in [1.29, 1.82) is 0 Å². The third-order valence-electron chi connectivity index (χ3n) is 10.00. The van der Waals surface area contributed by atoms with E-state index in [-0.39, 0.29) is 35.0 Å². The van der Waals surface area contributed by atoms with Crippen LogP contribution in [0, 0.1) is 28.6 Å². The van der Waals surface area contributed by atoms with Gasteiger partial charge in [-0.1, -0.05) is 36.7 Å². The highest BCUT2D eigenvalue weighted by molar-refractivity contribution is 5.96. The molecule has 7 nitrogen and oxygen atoms in total. The van der Waals surface area contributed by atoms with E-state index in [9.17, 15) is 14.7 Å². The number of aliphatic hydroxyl groups excluding tert-OH is 1. The SMILES string of the molecule is C[C@]12CC[C@@H]3[C@H](CCC4=CC(=NOCC(=O)NCc5ccc(C(=O)O)cc5)CC[C@@]43C)[C@H]1CC[C@H]2O. The predicted octanol–water partition coefficient (Wildman–Crippen LogP) is 4.70. The van der Waals surface area contributed by atoms with Gasteiger partial charge >= 0.3 is 5.97 Å². The zero-order valence-electron chi connectivity index (χ0n) is 21.3. The quantitative estimate of drug-likeness (QED) is 0.497. The summed E-state index contributed by atoms with van der Waals surface area (Å²) >= 11 is 0. The molecule has 0 radical (unpaired) electrons. The van der Waals surface area contributed by atoms with Crippen LogP contribution < -0.4 is 5.32 Å². The average Bonchev–Trinajstić information content (AvgIpc) is 3.17. The number of carbonyl (C=O) groups is 2. The number of benzene rings is 1. The van der Waals surface area contributed by atoms with Crippen LogP contribution in [0.25, 0.3) is 0 Å². The van der Waals surface area contributed by atoms with E-state index in [1.165, 1.54) is 37.0 Å². The van der Waals surface area contributed by atoms with Crippen molar-refractivity contribution in [2.45, 2.75) is 77.9 Å². The second-order valence-electron chi connectivity index (χ2n) is 11.8. The van der Waals surface area contributed by atoms with Crippen LogP contribution in [0.15, 0.2) is 41.1 Å². The maximum Gasteiger partial charge on any atom is 0.335 e. The van der Waals surface area contributed by atoms with Gasteiger partial charge in [0.1, 0.15) is 0 Å². The Hall–Kier alpha value is -2.67. The van der Waals surface area contributed by atoms with E-state index >= 15 is 0 Å². The zero-order valence-corrected chi connectivity index (χ0v) is 21.3. The normalized spacial score (nSPS) is 36.3. The van der Waals surface area contributed by atoms with Crippen LogP contribution in [0.5, 0.6) is 0 Å². The highest BCUT2D eigenvalue weighted by atomic mass is 16.6. The second kappa shape index (κ2) is 9.66. The molecule has 4 aliphatic rings. The Balaban J connectivity index is 1.15. The van der Waals surface area contributed by atoms with Gasteiger partial charge in [0.05, 0.1) is 17.4 Å². The summed E-state index contributed by atoms with van der Waals surface area (Å²) in [5, 5.41) is 26.7. The van der Waals surface area contributed by atoms with Crippen LogP contribution in [0.3, 0.4) is 0 Å². The summed E-state index contributed by atoms with van der Waals surface area (Å²) in [7, 11) is 0. The summed E-state index contributed by atoms with van der Waals surface area (Å²) in [6, 6.07) is 6.42. The lowest BCUT2D eigenvalue weighted by Crippen LogP contribution is -2.51. The van der Waals surface area contributed by atoms with Crippen molar-refractivity contribution >= 4 is 17.6 Å². The van der Waals surface area contributed by atoms with Crippen molar-refractivity contribution < 1.29 is 24.6 Å². The van der Waals surface area contributed by atoms with Gasteiger partial charge in [-0.2, -0.15) is 0 Å². The molecular weight excluding hydrogens is 456 g/mol. The number of rotatable bonds is 6. The molecule has 3 fully saturated rings. The van der Waals surface area contributed by atoms with E-state index < -0.39 is 5.97 Å². The summed E-state index contributed by atoms with van der Waals surface area (Å²) in [5.41, 5.74) is 3.74. The first-order valence-electron chi connectivity index (χ1n) is 13.4. The topological polar surface area (TPSA) is 108 Å². The third-order valence-corrected chi connectivity index (χ3v) is 10.00. The highest BCUT2D eigenvalue weighted by Gasteiger charge is 2.58. The number of aromatic carboxylic acids is 1. The lowest BCUT2D eigenvalue weighted by molar-refractivity contribution is -0.125. The summed E-state index contributed by atoms with van der Waals surface area (Å²) in [6.45, 7) is 4.93. The monoisotopic (exact) mass is 494 g/mol. The molecular formula is C29H38N2O5. The predicted molar refractivity (Wildman–Crippen MR) is 136 cm³/mol. The van der Waals surface area contributed by atoms with Crippen LogP contribution >= 0.6 is 0 Å². The first-order valence-corrected chi connectivity index (χ1v) is 13.4. The zero-order chi connectivity index (χ0) is 25.5. The highest BCUT2D eigenvalue weighted by Crippen LogP contribution is 2.65. The fourth-order valence-electron chi connectivity index (χ4n) is 7.81. The number of oxime groups is 1. The molecule has 1 aromatic rings. The van der Waals surface area contributed by atoms with Gasteiger partial charge in [-0.25, -0.2) is 4.79 Å². The molecule has 0 aromatic heterocycles. The molecule has 6 atom stereocenters. The fraction of sp³-hybridized carbons (Fsp3) is 0.621. The van der Waals surface area contributed by atoms with Crippen LogP contribution in [-0.2, 0) is 16.2 Å². The Morgan fingerprint density at radius 2 is 1.83 bits per heavy atom. The molecule has 3 N–H and O–H groups in total. The number of carboxylic acid groups (broad SMARTS) is 1. The first-order chi connectivity index (χ1) is 17.2. The molecule has 0 unspecified atom stereocenters. The average molecular weight is 495 g/mol. The molecule has 0 spiro atoms. The van der Waals surface area contributed by atoms with Gasteiger partial charge in [0.2, 0.25) is 0 Å². The minimum absolute atomic E-state index is 0.108. The molecule has 3 saturated carbocycles. The van der Waals surface area contributed by atoms with Crippen molar-refractivity contribution in [3.63, 3.8) is 0 Å². The second-order valence-corrected chi connectivity index (χ2v) is 11.8. The summed E-state index contributed by atoms with van der Waals surface area (Å²) in [4.78, 5) is 28.5. The summed E-state index contributed by atoms with van der Waals surface area (Å²) in [6.07, 6.45) is 10.7. The Morgan fingerprint density at radius 3 is 2.58 bits per heavy atom. The van der Waals surface area contributed by atoms with E-state index in [1.54, 1.807) is 12.1 Å². The number of carboxylic acids is 1. The van der Waals surface area contributed by atoms with Gasteiger partial charge in [0, 0.05) is 6.54 Å². The third kappa shape index (κ3) is 4.47. The van der Waals surface area contributed by atoms with E-state index in [0.717, 1.165) is 43.4 Å². The molecule has 5 rings (SSSR count). The van der Waals surface area contributed by atoms with Crippen LogP contribution in [-0.4, -0.2) is 40.5 Å². The van der Waals surface area contributed by atoms with Crippen molar-refractivity contribution in [2.24, 2.45) is 33.7 Å². The number of fused-ring (bicyclic) bond motifs is 5. The van der Waals surface area contributed by atoms with E-state index in [0.29, 0.717) is 24.3 Å². The standard InChI is InChI=1S/C29H38N2O5/c1-28-13-11-21(31-36-17-26(33)30-16-18-3-5-19(6-4-18)27(34)35)15-20(28)7-8-22-23-9-10-25(32)29(23,2)14-12-24(22)28/h3-6,15,22-25,32H,7-14,16-17H2,1-2H3,(H,30,33)(H,34,35)/t22-,23-,24-,25-,28+,29+/m1/s1. The van der Waals surface area contributed by atoms with Gasteiger partial charge < -0.3 is 20.4 Å². The minimum Gasteiger partial charge on any atom is -0.478 e. The number of hydrogen-bond acceptors (Lipinski definition) is 5. The maximum absolute atomic E-state index is 12.2. The number of hydrogen-bond donors (Lipinski definition) is 3. The van der Waals surface area contributed by atoms with Crippen molar-refractivity contribution in [2.75, 3.05) is 6.61 Å². The van der Waals surface area contributed by atoms with Crippen LogP contribution in [0.4, 0.5) is 0 Å². The summed E-state index contributed by atoms with van der Waals surface area (Å²) < 4.78 is 0. The molecule has 0 heterocycles. The number of carbonyl (C=O) groups excluding carboxylic acids is 1. The lowest BCUT2D eigenvalue weighted by atomic mass is 9.47. The number of aliphatic hydroxyl groups is 1. The van der Waals surface area contributed by atoms with E-state index in [4.69, 9.17) is 9.94 Å². The molecule has 7 heteroatoms. The van der Waals surface area contributed by atoms with Crippen molar-refractivity contribution in [1.82, 2.24) is 5.32 Å². The molecule has 36 heavy (non-hydrogen) atoms. The molecule has 0 saturated heterocycles. The first kappa shape index (κ1) is 25.0. The Labute approximate surface area is 213 Å². The minimum atomic E-state index is -0.973. The van der Waals surface area contributed by atoms with E-state index in [2.05, 4.69) is 30.4 Å². The van der Waals surface area contributed by atoms with Crippen LogP contribution in [0.2, 0.25) is 0 Å². The number of amides is 1. The fourth-order valence-corrected chi connectivity index (χ4v) is 7.81. The molecule has 0 bridgehead atoms. The van der Waals surface area contributed by atoms with Gasteiger partial charge in [0.25, 0.3) is 5.91 Å². The molecule has 1 amide bonds. The number of nitrogens with zero attached hydrogens (tertiary/aromatic N) is 1. The lowest BCUT2D eigenvalue weighted by Gasteiger charge is -2.57. The maximum atomic E-state index is 12.2. The Kier molecular flexibility index (Phi) is 6.70. The van der Waals surface area contributed by atoms with Gasteiger partial charge in [-0.05, 0) is 104 Å². The molecule has 0 aliphatic heterocycles. The largest absolute Gasteiger partial charge is 0.478 e. The molecule has 4 aliphatic carbocycles. The summed E-state index contributed by atoms with van der Waals surface area (Å²) in [5.74, 6) is 0.802. The molecule has 1 aromatic carbocycles. The van der Waals surface area contributed by atoms with Crippen molar-refractivity contribution in [3.8, 4) is 0 Å². The van der Waals surface area contributed by atoms with E-state index in [1.807, 2.05) is 0 Å². The van der Waals surface area contributed by atoms with Crippen molar-refractivity contribution in [3.05, 3.63) is 47.0 Å². The van der Waals surface area contributed by atoms with Gasteiger partial charge in [-0.3, -0.25) is 4.79 Å². The van der Waals surface area contributed by atoms with Gasteiger partial charge in [0.15, 0.2) is 6.61 Å². The van der Waals surface area contributed by atoms with Gasteiger partial charge in [-0.15, -0.1) is 0 Å². The Morgan fingerprint density at radius 1 is 1.06 bits per heavy atom. The number of allylic oxidation sites excluding steroid dienone is 2. The molecule has 194 valence electrons. The smallest absolute Gasteiger partial charge is 0.335 e. The van der Waals surface area contributed by atoms with Crippen LogP contribution in [0.1, 0.15) is 81.1 Å². The Bertz CT molecular complexity index is 1080.